The Kier molecular flexibility index (Phi) is 4.67. The van der Waals surface area contributed by atoms with E-state index in [0.717, 1.165) is 41.9 Å². The Morgan fingerprint density at radius 3 is 2.52 bits per heavy atom. The lowest BCUT2D eigenvalue weighted by Crippen LogP contribution is -2.50. The second-order valence-electron chi connectivity index (χ2n) is 10.0. The van der Waals surface area contributed by atoms with E-state index >= 15 is 0 Å². The number of carbonyl (C=O) groups is 1. The van der Waals surface area contributed by atoms with E-state index in [-0.39, 0.29) is 17.2 Å². The van der Waals surface area contributed by atoms with Gasteiger partial charge >= 0.3 is 0 Å². The number of hydrogen-bond acceptors (Lipinski definition) is 2. The maximum Gasteiger partial charge on any atom is 0.249 e. The van der Waals surface area contributed by atoms with Crippen molar-refractivity contribution in [2.24, 2.45) is 46.8 Å². The predicted molar refractivity (Wildman–Crippen MR) is 99.5 cm³/mol. The second-order valence-corrected chi connectivity index (χ2v) is 10.0. The molecule has 4 fully saturated rings. The maximum absolute atomic E-state index is 12.9. The number of amides is 1. The van der Waals surface area contributed by atoms with Crippen molar-refractivity contribution in [2.45, 2.75) is 71.6 Å². The van der Waals surface area contributed by atoms with E-state index in [4.69, 9.17) is 4.84 Å². The quantitative estimate of drug-likeness (QED) is 0.664. The highest BCUT2D eigenvalue weighted by Gasteiger charge is 2.58. The minimum absolute atomic E-state index is 0.174. The van der Waals surface area contributed by atoms with E-state index in [1.165, 1.54) is 56.4 Å². The molecule has 0 heterocycles. The summed E-state index contributed by atoms with van der Waals surface area (Å²) in [6.07, 6.45) is 12.3. The van der Waals surface area contributed by atoms with Crippen molar-refractivity contribution in [3.8, 4) is 0 Å². The molecule has 0 N–H and O–H groups in total. The summed E-state index contributed by atoms with van der Waals surface area (Å²) in [7, 11) is 3.38. The van der Waals surface area contributed by atoms with Crippen molar-refractivity contribution in [2.75, 3.05) is 14.2 Å². The Labute approximate surface area is 153 Å². The van der Waals surface area contributed by atoms with Gasteiger partial charge in [-0.15, -0.1) is 0 Å². The second kappa shape index (κ2) is 6.55. The fourth-order valence-electron chi connectivity index (χ4n) is 7.80. The summed E-state index contributed by atoms with van der Waals surface area (Å²) in [4.78, 5) is 18.1. The van der Waals surface area contributed by atoms with Gasteiger partial charge in [0.05, 0.1) is 7.11 Å². The van der Waals surface area contributed by atoms with Crippen molar-refractivity contribution in [3.05, 3.63) is 0 Å². The van der Waals surface area contributed by atoms with Gasteiger partial charge in [-0.3, -0.25) is 9.63 Å². The number of nitrogens with zero attached hydrogens (tertiary/aromatic N) is 1. The molecule has 1 unspecified atom stereocenters. The molecule has 0 aromatic heterocycles. The molecule has 1 amide bonds. The zero-order chi connectivity index (χ0) is 17.8. The van der Waals surface area contributed by atoms with Crippen LogP contribution < -0.4 is 0 Å². The molecule has 0 radical (unpaired) electrons. The molecule has 3 heteroatoms. The van der Waals surface area contributed by atoms with Crippen LogP contribution in [0.5, 0.6) is 0 Å². The SMILES string of the molecule is CON(C)C(=O)[C@H]1CC[C@H]2C3CC[C@@H]4C[C@@H](C)CC[C@@H]4[C@H]3CC[C@]12C. The first-order chi connectivity index (χ1) is 12.0. The van der Waals surface area contributed by atoms with E-state index in [2.05, 4.69) is 13.8 Å². The highest BCUT2D eigenvalue weighted by Crippen LogP contribution is 2.64. The van der Waals surface area contributed by atoms with Crippen LogP contribution in [-0.2, 0) is 9.63 Å². The molecule has 0 aromatic carbocycles. The highest BCUT2D eigenvalue weighted by molar-refractivity contribution is 5.79. The smallest absolute Gasteiger partial charge is 0.249 e. The Morgan fingerprint density at radius 1 is 1.00 bits per heavy atom. The molecular formula is C22H37NO2. The highest BCUT2D eigenvalue weighted by atomic mass is 16.7. The van der Waals surface area contributed by atoms with Crippen LogP contribution >= 0.6 is 0 Å². The molecule has 0 aliphatic heterocycles. The Balaban J connectivity index is 1.53. The van der Waals surface area contributed by atoms with Crippen LogP contribution in [0.2, 0.25) is 0 Å². The lowest BCUT2D eigenvalue weighted by molar-refractivity contribution is -0.179. The Bertz CT molecular complexity index is 520. The molecule has 0 bridgehead atoms. The summed E-state index contributed by atoms with van der Waals surface area (Å²) in [5.41, 5.74) is 0.208. The third-order valence-electron chi connectivity index (χ3n) is 9.10. The van der Waals surface area contributed by atoms with Gasteiger partial charge in [-0.2, -0.15) is 0 Å². The summed E-state index contributed by atoms with van der Waals surface area (Å²) >= 11 is 0. The molecule has 142 valence electrons. The molecule has 8 atom stereocenters. The van der Waals surface area contributed by atoms with Gasteiger partial charge in [0.1, 0.15) is 0 Å². The molecule has 3 nitrogen and oxygen atoms in total. The van der Waals surface area contributed by atoms with Crippen molar-refractivity contribution >= 4 is 5.91 Å². The molecule has 4 saturated carbocycles. The molecule has 0 saturated heterocycles. The van der Waals surface area contributed by atoms with Crippen LogP contribution in [0, 0.1) is 46.8 Å². The van der Waals surface area contributed by atoms with Gasteiger partial charge in [-0.1, -0.05) is 20.3 Å². The van der Waals surface area contributed by atoms with Gasteiger partial charge in [-0.05, 0) is 92.3 Å². The van der Waals surface area contributed by atoms with Crippen LogP contribution in [0.3, 0.4) is 0 Å². The number of hydrogen-bond donors (Lipinski definition) is 0. The van der Waals surface area contributed by atoms with E-state index in [9.17, 15) is 4.79 Å². The van der Waals surface area contributed by atoms with Crippen molar-refractivity contribution in [1.29, 1.82) is 0 Å². The summed E-state index contributed by atoms with van der Waals surface area (Å²) in [6.45, 7) is 4.89. The van der Waals surface area contributed by atoms with E-state index < -0.39 is 0 Å². The molecular weight excluding hydrogens is 310 g/mol. The lowest BCUT2D eigenvalue weighted by atomic mass is 9.49. The Hall–Kier alpha value is -0.570. The fraction of sp³-hybridized carbons (Fsp3) is 0.955. The summed E-state index contributed by atoms with van der Waals surface area (Å²) in [6, 6.07) is 0. The maximum atomic E-state index is 12.9. The average molecular weight is 348 g/mol. The molecule has 4 rings (SSSR count). The third kappa shape index (κ3) is 2.76. The molecule has 4 aliphatic rings. The van der Waals surface area contributed by atoms with Crippen LogP contribution in [0.1, 0.15) is 71.6 Å². The summed E-state index contributed by atoms with van der Waals surface area (Å²) in [5.74, 6) is 5.95. The van der Waals surface area contributed by atoms with E-state index in [0.29, 0.717) is 0 Å². The number of rotatable bonds is 2. The van der Waals surface area contributed by atoms with Crippen LogP contribution in [0.4, 0.5) is 0 Å². The topological polar surface area (TPSA) is 29.5 Å². The number of carbonyl (C=O) groups excluding carboxylic acids is 1. The normalized spacial score (nSPS) is 49.0. The molecule has 4 aliphatic carbocycles. The van der Waals surface area contributed by atoms with E-state index in [1.807, 2.05) is 0 Å². The first kappa shape index (κ1) is 17.8. The molecule has 0 spiro atoms. The van der Waals surface area contributed by atoms with Gasteiger partial charge in [0.25, 0.3) is 0 Å². The minimum atomic E-state index is 0.174. The van der Waals surface area contributed by atoms with Gasteiger partial charge in [0.15, 0.2) is 0 Å². The van der Waals surface area contributed by atoms with Gasteiger partial charge in [-0.25, -0.2) is 5.06 Å². The zero-order valence-electron chi connectivity index (χ0n) is 16.7. The average Bonchev–Trinajstić information content (AvgIpc) is 2.97. The predicted octanol–water partition coefficient (Wildman–Crippen LogP) is 4.91. The molecule has 25 heavy (non-hydrogen) atoms. The number of fused-ring (bicyclic) bond motifs is 5. The van der Waals surface area contributed by atoms with Crippen molar-refractivity contribution in [1.82, 2.24) is 5.06 Å². The van der Waals surface area contributed by atoms with Crippen molar-refractivity contribution < 1.29 is 9.63 Å². The van der Waals surface area contributed by atoms with Gasteiger partial charge in [0.2, 0.25) is 5.91 Å². The largest absolute Gasteiger partial charge is 0.275 e. The Morgan fingerprint density at radius 2 is 1.76 bits per heavy atom. The minimum Gasteiger partial charge on any atom is -0.275 e. The van der Waals surface area contributed by atoms with Crippen LogP contribution in [-0.4, -0.2) is 25.1 Å². The van der Waals surface area contributed by atoms with Crippen molar-refractivity contribution in [3.63, 3.8) is 0 Å². The van der Waals surface area contributed by atoms with Crippen LogP contribution in [0.15, 0.2) is 0 Å². The lowest BCUT2D eigenvalue weighted by Gasteiger charge is -2.56. The van der Waals surface area contributed by atoms with Gasteiger partial charge < -0.3 is 0 Å². The monoisotopic (exact) mass is 347 g/mol. The summed E-state index contributed by atoms with van der Waals surface area (Å²) < 4.78 is 0. The molecule has 0 aromatic rings. The first-order valence-electron chi connectivity index (χ1n) is 10.8. The first-order valence-corrected chi connectivity index (χ1v) is 10.8. The van der Waals surface area contributed by atoms with Gasteiger partial charge in [0, 0.05) is 13.0 Å². The van der Waals surface area contributed by atoms with E-state index in [1.54, 1.807) is 14.2 Å². The summed E-state index contributed by atoms with van der Waals surface area (Å²) in [5, 5.41) is 1.48. The zero-order valence-corrected chi connectivity index (χ0v) is 16.7. The number of hydroxylamine groups is 2. The third-order valence-corrected chi connectivity index (χ3v) is 9.10. The standard InChI is InChI=1S/C22H37NO2/c1-14-5-7-16-15(13-14)6-8-18-17(16)11-12-22(2)19(18)9-10-20(22)21(24)23(3)25-4/h14-20H,5-13H2,1-4H3/t14-,15+,16-,17+,18?,19-,20+,22-/m0/s1. The fourth-order valence-corrected chi connectivity index (χ4v) is 7.80. The van der Waals surface area contributed by atoms with Crippen LogP contribution in [0.25, 0.3) is 0 Å².